The highest BCUT2D eigenvalue weighted by molar-refractivity contribution is 9.10. The van der Waals surface area contributed by atoms with Crippen molar-refractivity contribution in [1.29, 1.82) is 0 Å². The van der Waals surface area contributed by atoms with Crippen molar-refractivity contribution in [3.8, 4) is 5.75 Å². The molecule has 3 nitrogen and oxygen atoms in total. The maximum atomic E-state index is 5.68. The summed E-state index contributed by atoms with van der Waals surface area (Å²) in [6, 6.07) is 6.56. The summed E-state index contributed by atoms with van der Waals surface area (Å²) in [4.78, 5) is 0. The summed E-state index contributed by atoms with van der Waals surface area (Å²) in [7, 11) is 0. The van der Waals surface area contributed by atoms with Crippen LogP contribution in [0, 0.1) is 5.92 Å². The van der Waals surface area contributed by atoms with Crippen LogP contribution in [0.1, 0.15) is 31.9 Å². The minimum Gasteiger partial charge on any atom is -0.493 e. The summed E-state index contributed by atoms with van der Waals surface area (Å²) in [6.45, 7) is 7.58. The molecule has 0 saturated heterocycles. The first-order valence-electron chi connectivity index (χ1n) is 6.90. The monoisotopic (exact) mass is 327 g/mol. The van der Waals surface area contributed by atoms with E-state index in [-0.39, 0.29) is 0 Å². The molecule has 0 radical (unpaired) electrons. The van der Waals surface area contributed by atoms with Crippen LogP contribution in [-0.4, -0.2) is 26.4 Å². The summed E-state index contributed by atoms with van der Waals surface area (Å²) in [5.74, 6) is 1.59. The summed E-state index contributed by atoms with van der Waals surface area (Å²) >= 11 is 3.52. The Morgan fingerprint density at radius 3 is 3.11 bits per heavy atom. The van der Waals surface area contributed by atoms with Gasteiger partial charge in [-0.3, -0.25) is 0 Å². The molecule has 19 heavy (non-hydrogen) atoms. The first-order chi connectivity index (χ1) is 9.16. The highest BCUT2D eigenvalue weighted by Gasteiger charge is 2.20. The van der Waals surface area contributed by atoms with Crippen molar-refractivity contribution in [2.75, 3.05) is 26.4 Å². The van der Waals surface area contributed by atoms with Crippen LogP contribution >= 0.6 is 15.9 Å². The van der Waals surface area contributed by atoms with Crippen LogP contribution in [0.2, 0.25) is 0 Å². The van der Waals surface area contributed by atoms with Crippen LogP contribution in [0.5, 0.6) is 5.75 Å². The molecule has 1 aromatic carbocycles. The number of hydrogen-bond donors (Lipinski definition) is 1. The Bertz CT molecular complexity index is 409. The third-order valence-electron chi connectivity index (χ3n) is 3.10. The van der Waals surface area contributed by atoms with Gasteiger partial charge in [-0.2, -0.15) is 0 Å². The lowest BCUT2D eigenvalue weighted by molar-refractivity contribution is 0.108. The van der Waals surface area contributed by atoms with Gasteiger partial charge >= 0.3 is 0 Å². The third-order valence-corrected chi connectivity index (χ3v) is 3.59. The molecule has 0 spiro atoms. The fourth-order valence-electron chi connectivity index (χ4n) is 2.20. The van der Waals surface area contributed by atoms with Crippen molar-refractivity contribution >= 4 is 15.9 Å². The Morgan fingerprint density at radius 1 is 1.47 bits per heavy atom. The number of benzene rings is 1. The molecule has 0 fully saturated rings. The minimum absolute atomic E-state index is 0.365. The van der Waals surface area contributed by atoms with E-state index in [1.165, 1.54) is 5.56 Å². The number of hydrogen-bond acceptors (Lipinski definition) is 3. The van der Waals surface area contributed by atoms with Crippen molar-refractivity contribution in [3.63, 3.8) is 0 Å². The van der Waals surface area contributed by atoms with Gasteiger partial charge in [0.2, 0.25) is 0 Å². The summed E-state index contributed by atoms with van der Waals surface area (Å²) < 4.78 is 12.4. The molecular formula is C15H22BrNO2. The first-order valence-corrected chi connectivity index (χ1v) is 7.69. The van der Waals surface area contributed by atoms with Crippen molar-refractivity contribution < 1.29 is 9.47 Å². The molecule has 1 aromatic rings. The SMILES string of the molecule is CC(C)COCCNC1CCOc2ccc(Br)cc21. The number of nitrogens with one attached hydrogen (secondary N) is 1. The molecule has 1 aliphatic heterocycles. The second-order valence-electron chi connectivity index (χ2n) is 5.29. The van der Waals surface area contributed by atoms with E-state index in [0.29, 0.717) is 12.0 Å². The standard InChI is InChI=1S/C15H22BrNO2/c1-11(2)10-18-8-6-17-14-5-7-19-15-4-3-12(16)9-13(14)15/h3-4,9,11,14,17H,5-8,10H2,1-2H3. The van der Waals surface area contributed by atoms with Crippen LogP contribution in [0.25, 0.3) is 0 Å². The predicted octanol–water partition coefficient (Wildman–Crippen LogP) is 3.53. The second kappa shape index (κ2) is 7.27. The van der Waals surface area contributed by atoms with Crippen molar-refractivity contribution in [3.05, 3.63) is 28.2 Å². The molecule has 4 heteroatoms. The van der Waals surface area contributed by atoms with E-state index in [2.05, 4.69) is 41.2 Å². The van der Waals surface area contributed by atoms with Crippen LogP contribution in [0.4, 0.5) is 0 Å². The zero-order chi connectivity index (χ0) is 13.7. The fraction of sp³-hybridized carbons (Fsp3) is 0.600. The molecule has 0 saturated carbocycles. The molecule has 2 rings (SSSR count). The maximum Gasteiger partial charge on any atom is 0.124 e. The Kier molecular flexibility index (Phi) is 5.67. The molecule has 106 valence electrons. The van der Waals surface area contributed by atoms with Gasteiger partial charge in [-0.15, -0.1) is 0 Å². The molecule has 1 N–H and O–H groups in total. The van der Waals surface area contributed by atoms with Gasteiger partial charge in [0, 0.05) is 35.7 Å². The highest BCUT2D eigenvalue weighted by Crippen LogP contribution is 2.33. The molecule has 0 amide bonds. The Labute approximate surface area is 123 Å². The normalized spacial score (nSPS) is 18.2. The fourth-order valence-corrected chi connectivity index (χ4v) is 2.58. The second-order valence-corrected chi connectivity index (χ2v) is 6.21. The van der Waals surface area contributed by atoms with Gasteiger partial charge in [-0.25, -0.2) is 0 Å². The molecule has 1 atom stereocenters. The quantitative estimate of drug-likeness (QED) is 0.811. The molecular weight excluding hydrogens is 306 g/mol. The van der Waals surface area contributed by atoms with Gasteiger partial charge in [0.25, 0.3) is 0 Å². The molecule has 1 aliphatic rings. The van der Waals surface area contributed by atoms with Crippen LogP contribution in [0.15, 0.2) is 22.7 Å². The van der Waals surface area contributed by atoms with Crippen molar-refractivity contribution in [2.24, 2.45) is 5.92 Å². The molecule has 1 heterocycles. The topological polar surface area (TPSA) is 30.5 Å². The molecule has 0 aliphatic carbocycles. The zero-order valence-electron chi connectivity index (χ0n) is 11.6. The van der Waals surface area contributed by atoms with Crippen LogP contribution < -0.4 is 10.1 Å². The minimum atomic E-state index is 0.365. The molecule has 1 unspecified atom stereocenters. The lowest BCUT2D eigenvalue weighted by Crippen LogP contribution is -2.30. The third kappa shape index (κ3) is 4.48. The van der Waals surface area contributed by atoms with Crippen LogP contribution in [0.3, 0.4) is 0 Å². The largest absolute Gasteiger partial charge is 0.493 e. The van der Waals surface area contributed by atoms with Gasteiger partial charge < -0.3 is 14.8 Å². The van der Waals surface area contributed by atoms with Gasteiger partial charge in [0.1, 0.15) is 5.75 Å². The average molecular weight is 328 g/mol. The molecule has 0 aromatic heterocycles. The predicted molar refractivity (Wildman–Crippen MR) is 80.7 cm³/mol. The van der Waals surface area contributed by atoms with Gasteiger partial charge in [-0.05, 0) is 24.1 Å². The van der Waals surface area contributed by atoms with Gasteiger partial charge in [-0.1, -0.05) is 29.8 Å². The van der Waals surface area contributed by atoms with E-state index in [0.717, 1.165) is 43.0 Å². The lowest BCUT2D eigenvalue weighted by Gasteiger charge is -2.27. The lowest BCUT2D eigenvalue weighted by atomic mass is 10.0. The Hall–Kier alpha value is -0.580. The zero-order valence-corrected chi connectivity index (χ0v) is 13.2. The summed E-state index contributed by atoms with van der Waals surface area (Å²) in [6.07, 6.45) is 1.01. The van der Waals surface area contributed by atoms with E-state index in [4.69, 9.17) is 9.47 Å². The number of ether oxygens (including phenoxy) is 2. The highest BCUT2D eigenvalue weighted by atomic mass is 79.9. The summed E-state index contributed by atoms with van der Waals surface area (Å²) in [5.41, 5.74) is 1.24. The van der Waals surface area contributed by atoms with Crippen LogP contribution in [-0.2, 0) is 4.74 Å². The number of halogens is 1. The van der Waals surface area contributed by atoms with Gasteiger partial charge in [0.05, 0.1) is 13.2 Å². The van der Waals surface area contributed by atoms with Crippen molar-refractivity contribution in [2.45, 2.75) is 26.3 Å². The van der Waals surface area contributed by atoms with E-state index in [9.17, 15) is 0 Å². The van der Waals surface area contributed by atoms with E-state index in [1.807, 2.05) is 12.1 Å². The summed E-state index contributed by atoms with van der Waals surface area (Å²) in [5, 5.41) is 3.55. The Balaban J connectivity index is 1.84. The number of rotatable bonds is 6. The van der Waals surface area contributed by atoms with E-state index in [1.54, 1.807) is 0 Å². The average Bonchev–Trinajstić information content (AvgIpc) is 2.38. The maximum absolute atomic E-state index is 5.68. The Morgan fingerprint density at radius 2 is 2.32 bits per heavy atom. The molecule has 0 bridgehead atoms. The van der Waals surface area contributed by atoms with E-state index >= 15 is 0 Å². The van der Waals surface area contributed by atoms with E-state index < -0.39 is 0 Å². The van der Waals surface area contributed by atoms with Gasteiger partial charge in [0.15, 0.2) is 0 Å². The number of fused-ring (bicyclic) bond motifs is 1. The van der Waals surface area contributed by atoms with Crippen molar-refractivity contribution in [1.82, 2.24) is 5.32 Å². The smallest absolute Gasteiger partial charge is 0.124 e. The first kappa shape index (κ1) is 14.8.